The molecule has 0 aliphatic heterocycles. The molecule has 3 atom stereocenters. The number of fused-ring (bicyclic) bond motifs is 1. The molecule has 1 aromatic carbocycles. The van der Waals surface area contributed by atoms with Crippen LogP contribution in [-0.2, 0) is 29.9 Å². The third-order valence-corrected chi connectivity index (χ3v) is 6.20. The van der Waals surface area contributed by atoms with E-state index in [1.165, 1.54) is 20.4 Å². The summed E-state index contributed by atoms with van der Waals surface area (Å²) >= 11 is 0. The quantitative estimate of drug-likeness (QED) is 0.224. The van der Waals surface area contributed by atoms with E-state index in [0.717, 1.165) is 0 Å². The lowest BCUT2D eigenvalue weighted by molar-refractivity contribution is -0.146. The number of rotatable bonds is 12. The molecule has 3 rings (SSSR count). The number of para-hydroxylation sites is 1. The highest BCUT2D eigenvalue weighted by Gasteiger charge is 2.34. The number of nitrogen functional groups attached to an aromatic ring is 1. The van der Waals surface area contributed by atoms with Gasteiger partial charge in [0.25, 0.3) is 0 Å². The number of imidazole rings is 1. The standard InChI is InChI=1S/C20H27N6O6P/c1-14(11-26-13-24-17-18(21)22-12-23-19(17)26)31-33(28,32-16-7-5-4-6-8-16)25-15(2)20(27)30-10-9-29-3/h4-8,12-15H,9-11H2,1-3H3,(H,25,28)(H2,21,22,23)/t14-,15+,33+/m1/s1. The smallest absolute Gasteiger partial charge is 0.459 e. The molecule has 13 heteroatoms. The highest BCUT2D eigenvalue weighted by molar-refractivity contribution is 7.52. The van der Waals surface area contributed by atoms with E-state index in [1.54, 1.807) is 48.1 Å². The van der Waals surface area contributed by atoms with Gasteiger partial charge in [-0.05, 0) is 26.0 Å². The van der Waals surface area contributed by atoms with Crippen molar-refractivity contribution in [3.63, 3.8) is 0 Å². The van der Waals surface area contributed by atoms with Gasteiger partial charge in [-0.25, -0.2) is 19.5 Å². The number of carbonyl (C=O) groups is 1. The van der Waals surface area contributed by atoms with Gasteiger partial charge >= 0.3 is 13.7 Å². The third-order valence-electron chi connectivity index (χ3n) is 4.41. The summed E-state index contributed by atoms with van der Waals surface area (Å²) in [5.41, 5.74) is 6.80. The van der Waals surface area contributed by atoms with E-state index in [0.29, 0.717) is 16.9 Å². The third kappa shape index (κ3) is 6.72. The molecule has 12 nitrogen and oxygen atoms in total. The summed E-state index contributed by atoms with van der Waals surface area (Å²) in [6, 6.07) is 7.55. The van der Waals surface area contributed by atoms with Crippen molar-refractivity contribution >= 4 is 30.7 Å². The molecule has 2 aromatic heterocycles. The van der Waals surface area contributed by atoms with Gasteiger partial charge < -0.3 is 24.3 Å². The number of aromatic nitrogens is 4. The maximum absolute atomic E-state index is 13.6. The molecular weight excluding hydrogens is 451 g/mol. The van der Waals surface area contributed by atoms with E-state index in [4.69, 9.17) is 24.3 Å². The Morgan fingerprint density at radius 1 is 1.18 bits per heavy atom. The maximum Gasteiger partial charge on any atom is 0.459 e. The highest BCUT2D eigenvalue weighted by Crippen LogP contribution is 2.46. The van der Waals surface area contributed by atoms with Crippen LogP contribution < -0.4 is 15.3 Å². The molecule has 0 saturated heterocycles. The molecule has 0 amide bonds. The number of hydrogen-bond donors (Lipinski definition) is 2. The summed E-state index contributed by atoms with van der Waals surface area (Å²) in [4.78, 5) is 24.6. The molecule has 0 saturated carbocycles. The normalized spacial score (nSPS) is 15.0. The van der Waals surface area contributed by atoms with Crippen molar-refractivity contribution < 1.29 is 27.9 Å². The number of methoxy groups -OCH3 is 1. The molecule has 3 aromatic rings. The van der Waals surface area contributed by atoms with Gasteiger partial charge in [0.1, 0.15) is 30.2 Å². The van der Waals surface area contributed by atoms with Gasteiger partial charge in [-0.2, -0.15) is 5.09 Å². The molecule has 178 valence electrons. The second-order valence-electron chi connectivity index (χ2n) is 7.16. The second kappa shape index (κ2) is 11.2. The number of benzene rings is 1. The van der Waals surface area contributed by atoms with Gasteiger partial charge in [0.15, 0.2) is 11.5 Å². The second-order valence-corrected chi connectivity index (χ2v) is 8.80. The predicted octanol–water partition coefficient (Wildman–Crippen LogP) is 2.17. The van der Waals surface area contributed by atoms with E-state index in [-0.39, 0.29) is 25.6 Å². The van der Waals surface area contributed by atoms with Crippen molar-refractivity contribution in [2.24, 2.45) is 0 Å². The minimum Gasteiger partial charge on any atom is -0.462 e. The van der Waals surface area contributed by atoms with Gasteiger partial charge in [-0.15, -0.1) is 0 Å². The van der Waals surface area contributed by atoms with Crippen LogP contribution in [0.2, 0.25) is 0 Å². The van der Waals surface area contributed by atoms with Crippen molar-refractivity contribution in [1.82, 2.24) is 24.6 Å². The number of anilines is 1. The Hall–Kier alpha value is -3.05. The number of ether oxygens (including phenoxy) is 2. The molecular formula is C20H27N6O6P. The molecule has 0 unspecified atom stereocenters. The van der Waals surface area contributed by atoms with Crippen LogP contribution in [-0.4, -0.2) is 58.0 Å². The Morgan fingerprint density at radius 2 is 1.94 bits per heavy atom. The molecule has 0 aliphatic carbocycles. The van der Waals surface area contributed by atoms with Crippen molar-refractivity contribution in [2.75, 3.05) is 26.1 Å². The summed E-state index contributed by atoms with van der Waals surface area (Å²) in [6.45, 7) is 3.77. The molecule has 0 radical (unpaired) electrons. The number of nitrogens with one attached hydrogen (secondary N) is 1. The van der Waals surface area contributed by atoms with Crippen molar-refractivity contribution in [2.45, 2.75) is 32.5 Å². The van der Waals surface area contributed by atoms with Crippen LogP contribution in [0, 0.1) is 0 Å². The van der Waals surface area contributed by atoms with E-state index < -0.39 is 25.9 Å². The van der Waals surface area contributed by atoms with Crippen molar-refractivity contribution in [3.8, 4) is 5.75 Å². The van der Waals surface area contributed by atoms with Gasteiger partial charge in [0, 0.05) is 7.11 Å². The summed E-state index contributed by atoms with van der Waals surface area (Å²) in [7, 11) is -2.51. The lowest BCUT2D eigenvalue weighted by Crippen LogP contribution is -2.36. The van der Waals surface area contributed by atoms with E-state index in [1.807, 2.05) is 0 Å². The minimum absolute atomic E-state index is 0.0706. The van der Waals surface area contributed by atoms with Crippen LogP contribution in [0.4, 0.5) is 5.82 Å². The first-order chi connectivity index (χ1) is 15.8. The monoisotopic (exact) mass is 478 g/mol. The Kier molecular flexibility index (Phi) is 8.34. The number of esters is 1. The molecule has 0 aliphatic rings. The highest BCUT2D eigenvalue weighted by atomic mass is 31.2. The van der Waals surface area contributed by atoms with Crippen LogP contribution in [0.15, 0.2) is 43.0 Å². The minimum atomic E-state index is -4.01. The Morgan fingerprint density at radius 3 is 2.67 bits per heavy atom. The van der Waals surface area contributed by atoms with E-state index >= 15 is 0 Å². The number of nitrogens with two attached hydrogens (primary N) is 1. The summed E-state index contributed by atoms with van der Waals surface area (Å²) in [5, 5.41) is 2.65. The first-order valence-electron chi connectivity index (χ1n) is 10.2. The van der Waals surface area contributed by atoms with Crippen molar-refractivity contribution in [1.29, 1.82) is 0 Å². The lowest BCUT2D eigenvalue weighted by Gasteiger charge is -2.25. The average Bonchev–Trinajstić information content (AvgIpc) is 3.18. The summed E-state index contributed by atoms with van der Waals surface area (Å²) in [6.07, 6.45) is 2.25. The fourth-order valence-corrected chi connectivity index (χ4v) is 4.59. The lowest BCUT2D eigenvalue weighted by atomic mass is 10.3. The molecule has 33 heavy (non-hydrogen) atoms. The summed E-state index contributed by atoms with van der Waals surface area (Å²) in [5.74, 6) is -0.0464. The van der Waals surface area contributed by atoms with Crippen LogP contribution in [0.5, 0.6) is 5.75 Å². The Labute approximate surface area is 191 Å². The fourth-order valence-electron chi connectivity index (χ4n) is 2.92. The van der Waals surface area contributed by atoms with Crippen LogP contribution in [0.25, 0.3) is 11.2 Å². The Balaban J connectivity index is 1.74. The molecule has 0 fully saturated rings. The number of nitrogens with zero attached hydrogens (tertiary/aromatic N) is 4. The van der Waals surface area contributed by atoms with Gasteiger partial charge in [0.2, 0.25) is 0 Å². The van der Waals surface area contributed by atoms with Crippen LogP contribution >= 0.6 is 7.75 Å². The zero-order valence-electron chi connectivity index (χ0n) is 18.6. The zero-order chi connectivity index (χ0) is 23.8. The molecule has 2 heterocycles. The van der Waals surface area contributed by atoms with Gasteiger partial charge in [-0.1, -0.05) is 18.2 Å². The van der Waals surface area contributed by atoms with Crippen LogP contribution in [0.1, 0.15) is 13.8 Å². The molecule has 0 bridgehead atoms. The molecule has 3 N–H and O–H groups in total. The Bertz CT molecular complexity index is 1110. The van der Waals surface area contributed by atoms with Crippen molar-refractivity contribution in [3.05, 3.63) is 43.0 Å². The van der Waals surface area contributed by atoms with Gasteiger partial charge in [0.05, 0.1) is 25.6 Å². The fraction of sp³-hybridized carbons (Fsp3) is 0.400. The first-order valence-corrected chi connectivity index (χ1v) is 11.7. The predicted molar refractivity (Wildman–Crippen MR) is 120 cm³/mol. The van der Waals surface area contributed by atoms with Gasteiger partial charge in [-0.3, -0.25) is 9.32 Å². The SMILES string of the molecule is COCCOC(=O)[C@H](C)N[P@@](=O)(Oc1ccccc1)O[C@H](C)Cn1cnc2c(N)ncnc21. The van der Waals surface area contributed by atoms with Crippen LogP contribution in [0.3, 0.4) is 0 Å². The van der Waals surface area contributed by atoms with E-state index in [9.17, 15) is 9.36 Å². The maximum atomic E-state index is 13.6. The number of carbonyl (C=O) groups excluding carboxylic acids is 1. The largest absolute Gasteiger partial charge is 0.462 e. The summed E-state index contributed by atoms with van der Waals surface area (Å²) < 4.78 is 36.8. The average molecular weight is 478 g/mol. The van der Waals surface area contributed by atoms with E-state index in [2.05, 4.69) is 20.0 Å². The first kappa shape index (κ1) is 24.6. The topological polar surface area (TPSA) is 153 Å². The number of hydrogen-bond acceptors (Lipinski definition) is 10. The molecule has 0 spiro atoms. The zero-order valence-corrected chi connectivity index (χ0v) is 19.5.